The number of hydrogen-bond donors (Lipinski definition) is 1. The Kier molecular flexibility index (Phi) is 7.91. The van der Waals surface area contributed by atoms with Gasteiger partial charge in [-0.05, 0) is 42.8 Å². The molecule has 3 rings (SSSR count). The lowest BCUT2D eigenvalue weighted by molar-refractivity contribution is -0.146. The van der Waals surface area contributed by atoms with E-state index in [1.54, 1.807) is 30.3 Å². The van der Waals surface area contributed by atoms with E-state index in [-0.39, 0.29) is 23.8 Å². The number of carbonyl (C=O) groups excluding carboxylic acids is 1. The highest BCUT2D eigenvalue weighted by Crippen LogP contribution is 2.48. The molecule has 3 aromatic rings. The van der Waals surface area contributed by atoms with E-state index in [9.17, 15) is 9.36 Å². The summed E-state index contributed by atoms with van der Waals surface area (Å²) < 4.78 is 30.1. The maximum absolute atomic E-state index is 13.6. The van der Waals surface area contributed by atoms with E-state index in [2.05, 4.69) is 9.93 Å². The second-order valence-corrected chi connectivity index (χ2v) is 8.72. The number of hydrogen-bond acceptors (Lipinski definition) is 5. The Balaban J connectivity index is 1.78. The van der Waals surface area contributed by atoms with Crippen molar-refractivity contribution in [3.05, 3.63) is 101 Å². The Hall–Kier alpha value is -3.30. The Bertz CT molecular complexity index is 1150. The first-order valence-electron chi connectivity index (χ1n) is 9.58. The lowest BCUT2D eigenvalue weighted by atomic mass is 10.2. The molecule has 0 saturated heterocycles. The van der Waals surface area contributed by atoms with Crippen LogP contribution in [0.5, 0.6) is 11.5 Å². The summed E-state index contributed by atoms with van der Waals surface area (Å²) in [4.78, 5) is 15.8. The van der Waals surface area contributed by atoms with Gasteiger partial charge < -0.3 is 13.8 Å². The van der Waals surface area contributed by atoms with Gasteiger partial charge >= 0.3 is 13.7 Å². The van der Waals surface area contributed by atoms with Crippen LogP contribution in [0.15, 0.2) is 78.9 Å². The van der Waals surface area contributed by atoms with Gasteiger partial charge in [-0.1, -0.05) is 60.1 Å². The Morgan fingerprint density at radius 2 is 1.72 bits per heavy atom. The molecule has 0 aromatic heterocycles. The van der Waals surface area contributed by atoms with Crippen molar-refractivity contribution in [3.63, 3.8) is 0 Å². The first-order chi connectivity index (χ1) is 15.4. The fraction of sp³-hybridized carbons (Fsp3) is 0.130. The average Bonchev–Trinajstić information content (AvgIpc) is 2.79. The number of esters is 1. The molecule has 7 nitrogen and oxygen atoms in total. The van der Waals surface area contributed by atoms with Gasteiger partial charge in [-0.3, -0.25) is 4.79 Å². The predicted octanol–water partition coefficient (Wildman–Crippen LogP) is 6.18. The van der Waals surface area contributed by atoms with Gasteiger partial charge in [0.05, 0.1) is 6.57 Å². The van der Waals surface area contributed by atoms with Crippen molar-refractivity contribution in [2.75, 3.05) is 0 Å². The molecule has 2 atom stereocenters. The molecule has 0 bridgehead atoms. The first kappa shape index (κ1) is 23.4. The quantitative estimate of drug-likeness (QED) is 0.228. The lowest BCUT2D eigenvalue weighted by Crippen LogP contribution is -2.35. The highest BCUT2D eigenvalue weighted by molar-refractivity contribution is 7.52. The van der Waals surface area contributed by atoms with Crippen LogP contribution in [0.25, 0.3) is 4.85 Å². The summed E-state index contributed by atoms with van der Waals surface area (Å²) in [5, 5.41) is 2.92. The molecule has 0 aliphatic carbocycles. The topological polar surface area (TPSA) is 78.2 Å². The number of halogens is 1. The summed E-state index contributed by atoms with van der Waals surface area (Å²) >= 11 is 5.93. The molecule has 1 N–H and O–H groups in total. The monoisotopic (exact) mass is 470 g/mol. The normalized spacial score (nSPS) is 13.3. The maximum Gasteiger partial charge on any atom is 0.512 e. The number of carbonyl (C=O) groups is 1. The van der Waals surface area contributed by atoms with Gasteiger partial charge in [-0.2, -0.15) is 5.09 Å². The lowest BCUT2D eigenvalue weighted by Gasteiger charge is -2.23. The Morgan fingerprint density at radius 1 is 1.06 bits per heavy atom. The fourth-order valence-electron chi connectivity index (χ4n) is 2.62. The molecule has 0 amide bonds. The third-order valence-electron chi connectivity index (χ3n) is 4.16. The largest absolute Gasteiger partial charge is 0.512 e. The molecule has 9 heteroatoms. The third-order valence-corrected chi connectivity index (χ3v) is 5.98. The average molecular weight is 471 g/mol. The minimum Gasteiger partial charge on any atom is -0.460 e. The van der Waals surface area contributed by atoms with Crippen LogP contribution in [0.2, 0.25) is 5.02 Å². The summed E-state index contributed by atoms with van der Waals surface area (Å²) in [5.41, 5.74) is 0.867. The number of benzene rings is 3. The van der Waals surface area contributed by atoms with Crippen LogP contribution < -0.4 is 14.1 Å². The Labute approximate surface area is 191 Å². The van der Waals surface area contributed by atoms with Gasteiger partial charge in [0, 0.05) is 5.02 Å². The van der Waals surface area contributed by atoms with Crippen LogP contribution in [0.1, 0.15) is 12.5 Å². The standard InChI is InChI=1S/C23H20ClN2O5P/c1-17(23(27)29-16-18-9-5-3-6-10-18)26-32(28,30-20-11-7-4-8-12-20)31-22-14-13-19(24)15-21(22)25-2/h3-15,17H,16H2,1H3,(H,26,28)/t17-,32?/m0/s1. The maximum atomic E-state index is 13.6. The van der Waals surface area contributed by atoms with Crippen LogP contribution in [0.3, 0.4) is 0 Å². The summed E-state index contributed by atoms with van der Waals surface area (Å²) in [6.45, 7) is 8.86. The smallest absolute Gasteiger partial charge is 0.460 e. The molecule has 0 heterocycles. The van der Waals surface area contributed by atoms with Gasteiger partial charge in [0.15, 0.2) is 0 Å². The van der Waals surface area contributed by atoms with Gasteiger partial charge in [-0.25, -0.2) is 9.41 Å². The van der Waals surface area contributed by atoms with Crippen molar-refractivity contribution in [1.82, 2.24) is 5.09 Å². The number of nitrogens with one attached hydrogen (secondary N) is 1. The SMILES string of the molecule is [C-]#[N+]c1cc(Cl)ccc1OP(=O)(N[C@@H](C)C(=O)OCc1ccccc1)Oc1ccccc1. The molecule has 0 saturated carbocycles. The van der Waals surface area contributed by atoms with E-state index in [4.69, 9.17) is 32.0 Å². The third kappa shape index (κ3) is 6.60. The minimum absolute atomic E-state index is 0.000942. The zero-order valence-corrected chi connectivity index (χ0v) is 18.8. The summed E-state index contributed by atoms with van der Waals surface area (Å²) in [5.74, 6) is -0.386. The number of nitrogens with zero attached hydrogens (tertiary/aromatic N) is 1. The number of para-hydroxylation sites is 1. The molecule has 0 aliphatic rings. The predicted molar refractivity (Wildman–Crippen MR) is 122 cm³/mol. The van der Waals surface area contributed by atoms with Crippen molar-refractivity contribution in [2.45, 2.75) is 19.6 Å². The highest BCUT2D eigenvalue weighted by atomic mass is 35.5. The van der Waals surface area contributed by atoms with Crippen LogP contribution >= 0.6 is 19.3 Å². The van der Waals surface area contributed by atoms with E-state index < -0.39 is 19.8 Å². The molecule has 0 aliphatic heterocycles. The second-order valence-electron chi connectivity index (χ2n) is 6.66. The molecule has 164 valence electrons. The van der Waals surface area contributed by atoms with Crippen LogP contribution in [-0.2, 0) is 20.7 Å². The number of rotatable bonds is 9. The van der Waals surface area contributed by atoms with E-state index in [0.717, 1.165) is 5.56 Å². The van der Waals surface area contributed by atoms with Gasteiger partial charge in [0.2, 0.25) is 5.69 Å². The van der Waals surface area contributed by atoms with Gasteiger partial charge in [0.25, 0.3) is 0 Å². The number of ether oxygens (including phenoxy) is 1. The van der Waals surface area contributed by atoms with Gasteiger partial charge in [-0.15, -0.1) is 0 Å². The van der Waals surface area contributed by atoms with Crippen molar-refractivity contribution in [3.8, 4) is 11.5 Å². The van der Waals surface area contributed by atoms with Crippen molar-refractivity contribution >= 4 is 31.0 Å². The Morgan fingerprint density at radius 3 is 2.38 bits per heavy atom. The molecule has 1 unspecified atom stereocenters. The van der Waals surface area contributed by atoms with E-state index in [0.29, 0.717) is 5.02 Å². The summed E-state index contributed by atoms with van der Waals surface area (Å²) in [6, 6.07) is 20.8. The molecule has 3 aromatic carbocycles. The molecule has 32 heavy (non-hydrogen) atoms. The van der Waals surface area contributed by atoms with Crippen molar-refractivity contribution in [2.24, 2.45) is 0 Å². The summed E-state index contributed by atoms with van der Waals surface area (Å²) in [7, 11) is -4.16. The van der Waals surface area contributed by atoms with Crippen molar-refractivity contribution in [1.29, 1.82) is 0 Å². The minimum atomic E-state index is -4.16. The van der Waals surface area contributed by atoms with E-state index >= 15 is 0 Å². The van der Waals surface area contributed by atoms with Crippen molar-refractivity contribution < 1.29 is 23.1 Å². The highest BCUT2D eigenvalue weighted by Gasteiger charge is 2.34. The molecular weight excluding hydrogens is 451 g/mol. The van der Waals surface area contributed by atoms with Crippen LogP contribution in [0, 0.1) is 6.57 Å². The van der Waals surface area contributed by atoms with E-state index in [1.165, 1.54) is 25.1 Å². The van der Waals surface area contributed by atoms with Gasteiger partial charge in [0.1, 0.15) is 24.1 Å². The second kappa shape index (κ2) is 10.8. The molecular formula is C23H20ClN2O5P. The zero-order valence-electron chi connectivity index (χ0n) is 17.1. The molecule has 0 radical (unpaired) electrons. The van der Waals surface area contributed by atoms with Crippen LogP contribution in [0.4, 0.5) is 5.69 Å². The zero-order chi connectivity index (χ0) is 23.0. The van der Waals surface area contributed by atoms with Crippen LogP contribution in [-0.4, -0.2) is 12.0 Å². The first-order valence-corrected chi connectivity index (χ1v) is 11.5. The fourth-order valence-corrected chi connectivity index (χ4v) is 4.32. The van der Waals surface area contributed by atoms with E-state index in [1.807, 2.05) is 30.3 Å². The molecule has 0 fully saturated rings. The summed E-state index contributed by atoms with van der Waals surface area (Å²) in [6.07, 6.45) is 0. The molecule has 0 spiro atoms.